The summed E-state index contributed by atoms with van der Waals surface area (Å²) in [6, 6.07) is 0. The lowest BCUT2D eigenvalue weighted by Crippen LogP contribution is -2.52. The fraction of sp³-hybridized carbons (Fsp3) is 0.714. The zero-order valence-electron chi connectivity index (χ0n) is 13.0. The Morgan fingerprint density at radius 2 is 1.95 bits per heavy atom. The number of carbonyl (C=O) groups is 1. The summed E-state index contributed by atoms with van der Waals surface area (Å²) in [4.78, 5) is 22.1. The third-order valence-electron chi connectivity index (χ3n) is 4.53. The maximum Gasteiger partial charge on any atom is 0.226 e. The van der Waals surface area contributed by atoms with Crippen LogP contribution in [-0.4, -0.2) is 65.9 Å². The van der Waals surface area contributed by atoms with Crippen molar-refractivity contribution in [2.75, 3.05) is 32.4 Å². The van der Waals surface area contributed by atoms with Gasteiger partial charge >= 0.3 is 0 Å². The molecule has 1 aromatic heterocycles. The maximum absolute atomic E-state index is 12.6. The van der Waals surface area contributed by atoms with Crippen molar-refractivity contribution < 1.29 is 13.2 Å². The summed E-state index contributed by atoms with van der Waals surface area (Å²) in [6.45, 7) is 3.69. The van der Waals surface area contributed by atoms with Crippen LogP contribution in [0, 0.1) is 12.8 Å². The first-order chi connectivity index (χ1) is 10.3. The van der Waals surface area contributed by atoms with Crippen molar-refractivity contribution >= 4 is 15.9 Å². The van der Waals surface area contributed by atoms with Crippen LogP contribution in [0.5, 0.6) is 0 Å². The minimum Gasteiger partial charge on any atom is -0.346 e. The first-order valence-electron chi connectivity index (χ1n) is 7.63. The zero-order valence-corrected chi connectivity index (χ0v) is 13.8. The normalized spacial score (nSPS) is 23.4. The lowest BCUT2D eigenvalue weighted by Gasteiger charge is -2.35. The number of nitrogens with zero attached hydrogens (tertiary/aromatic N) is 3. The molecule has 8 heteroatoms. The van der Waals surface area contributed by atoms with E-state index in [1.54, 1.807) is 4.90 Å². The number of hydrogen-bond donors (Lipinski definition) is 1. The Balaban J connectivity index is 1.62. The van der Waals surface area contributed by atoms with Crippen molar-refractivity contribution in [3.63, 3.8) is 0 Å². The van der Waals surface area contributed by atoms with Crippen molar-refractivity contribution in [1.82, 2.24) is 19.2 Å². The number of fused-ring (bicyclic) bond motifs is 1. The number of nitrogens with one attached hydrogen (secondary N) is 1. The minimum atomic E-state index is -3.15. The molecule has 0 bridgehead atoms. The van der Waals surface area contributed by atoms with Gasteiger partial charge in [0, 0.05) is 44.2 Å². The third-order valence-corrected chi connectivity index (χ3v) is 5.83. The fourth-order valence-corrected chi connectivity index (χ4v) is 4.16. The van der Waals surface area contributed by atoms with E-state index in [0.29, 0.717) is 32.6 Å². The second-order valence-corrected chi connectivity index (χ2v) is 8.16. The van der Waals surface area contributed by atoms with E-state index in [9.17, 15) is 13.2 Å². The van der Waals surface area contributed by atoms with Gasteiger partial charge in [0.1, 0.15) is 5.82 Å². The van der Waals surface area contributed by atoms with Crippen LogP contribution in [0.25, 0.3) is 0 Å². The molecule has 1 fully saturated rings. The summed E-state index contributed by atoms with van der Waals surface area (Å²) >= 11 is 0. The second kappa shape index (κ2) is 5.66. The third kappa shape index (κ3) is 3.03. The first kappa shape index (κ1) is 15.5. The molecule has 0 spiro atoms. The molecule has 0 saturated carbocycles. The molecule has 7 nitrogen and oxygen atoms in total. The number of sulfonamides is 1. The highest BCUT2D eigenvalue weighted by molar-refractivity contribution is 7.88. The number of hydrogen-bond acceptors (Lipinski definition) is 4. The first-order valence-corrected chi connectivity index (χ1v) is 9.47. The molecule has 0 aromatic carbocycles. The topological polar surface area (TPSA) is 86.4 Å². The molecule has 1 aliphatic carbocycles. The van der Waals surface area contributed by atoms with Crippen LogP contribution in [0.15, 0.2) is 0 Å². The largest absolute Gasteiger partial charge is 0.346 e. The number of aryl methyl sites for hydroxylation is 2. The Morgan fingerprint density at radius 3 is 2.59 bits per heavy atom. The van der Waals surface area contributed by atoms with Gasteiger partial charge in [-0.2, -0.15) is 4.31 Å². The average Bonchev–Trinajstić information content (AvgIpc) is 2.84. The Kier molecular flexibility index (Phi) is 3.98. The van der Waals surface area contributed by atoms with Gasteiger partial charge in [-0.15, -0.1) is 0 Å². The molecule has 1 aromatic rings. The molecule has 1 aliphatic heterocycles. The molecule has 0 unspecified atom stereocenters. The summed E-state index contributed by atoms with van der Waals surface area (Å²) in [5.41, 5.74) is 2.17. The predicted molar refractivity (Wildman–Crippen MR) is 81.8 cm³/mol. The van der Waals surface area contributed by atoms with Gasteiger partial charge in [0.05, 0.1) is 11.9 Å². The molecular formula is C14H22N4O3S. The van der Waals surface area contributed by atoms with E-state index < -0.39 is 10.0 Å². The van der Waals surface area contributed by atoms with Crippen molar-refractivity contribution in [3.05, 3.63) is 17.2 Å². The van der Waals surface area contributed by atoms with Gasteiger partial charge in [0.2, 0.25) is 15.9 Å². The van der Waals surface area contributed by atoms with Crippen molar-refractivity contribution in [2.45, 2.75) is 26.2 Å². The Hall–Kier alpha value is -1.41. The fourth-order valence-electron chi connectivity index (χ4n) is 3.33. The number of carbonyl (C=O) groups excluding carboxylic acids is 1. The van der Waals surface area contributed by atoms with E-state index in [0.717, 1.165) is 30.1 Å². The molecule has 22 heavy (non-hydrogen) atoms. The van der Waals surface area contributed by atoms with Crippen LogP contribution in [0.3, 0.4) is 0 Å². The van der Waals surface area contributed by atoms with Crippen LogP contribution in [0.4, 0.5) is 0 Å². The zero-order chi connectivity index (χ0) is 15.9. The standard InChI is InChI=1S/C14H22N4O3S/c1-10-15-12-4-3-11(9-13(12)16-10)14(19)17-5-7-18(8-6-17)22(2,20)21/h11H,3-9H2,1-2H3,(H,15,16)/t11-/m0/s1. The summed E-state index contributed by atoms with van der Waals surface area (Å²) in [5.74, 6) is 1.03. The molecule has 1 N–H and O–H groups in total. The van der Waals surface area contributed by atoms with Gasteiger partial charge in [-0.25, -0.2) is 13.4 Å². The van der Waals surface area contributed by atoms with E-state index >= 15 is 0 Å². The van der Waals surface area contributed by atoms with E-state index in [1.807, 2.05) is 6.92 Å². The van der Waals surface area contributed by atoms with Gasteiger partial charge in [-0.1, -0.05) is 0 Å². The Morgan fingerprint density at radius 1 is 1.27 bits per heavy atom. The maximum atomic E-state index is 12.6. The lowest BCUT2D eigenvalue weighted by atomic mass is 9.88. The monoisotopic (exact) mass is 326 g/mol. The van der Waals surface area contributed by atoms with E-state index in [4.69, 9.17) is 0 Å². The van der Waals surface area contributed by atoms with Crippen LogP contribution >= 0.6 is 0 Å². The number of rotatable bonds is 2. The van der Waals surface area contributed by atoms with Crippen LogP contribution in [0.2, 0.25) is 0 Å². The quantitative estimate of drug-likeness (QED) is 0.824. The van der Waals surface area contributed by atoms with E-state index in [2.05, 4.69) is 9.97 Å². The SMILES string of the molecule is Cc1nc2c([nH]1)C[C@@H](C(=O)N1CCN(S(C)(=O)=O)CC1)CC2. The van der Waals surface area contributed by atoms with Crippen molar-refractivity contribution in [3.8, 4) is 0 Å². The molecule has 122 valence electrons. The number of aromatic nitrogens is 2. The van der Waals surface area contributed by atoms with Crippen LogP contribution in [0.1, 0.15) is 23.6 Å². The van der Waals surface area contributed by atoms with Gasteiger partial charge < -0.3 is 9.88 Å². The lowest BCUT2D eigenvalue weighted by molar-refractivity contribution is -0.137. The Bertz CT molecular complexity index is 674. The average molecular weight is 326 g/mol. The Labute approximate surface area is 130 Å². The second-order valence-electron chi connectivity index (χ2n) is 6.17. The molecule has 1 atom stereocenters. The summed E-state index contributed by atoms with van der Waals surface area (Å²) in [6.07, 6.45) is 3.58. The predicted octanol–water partition coefficient (Wildman–Crippen LogP) is -0.0732. The number of imidazole rings is 1. The molecule has 2 heterocycles. The van der Waals surface area contributed by atoms with Crippen LogP contribution < -0.4 is 0 Å². The van der Waals surface area contributed by atoms with Gasteiger partial charge in [0.15, 0.2) is 0 Å². The highest BCUT2D eigenvalue weighted by Crippen LogP contribution is 2.25. The molecule has 0 radical (unpaired) electrons. The molecular weight excluding hydrogens is 304 g/mol. The van der Waals surface area contributed by atoms with Crippen molar-refractivity contribution in [2.24, 2.45) is 5.92 Å². The molecule has 3 rings (SSSR count). The van der Waals surface area contributed by atoms with Gasteiger partial charge in [-0.3, -0.25) is 4.79 Å². The number of amides is 1. The number of piperazine rings is 1. The van der Waals surface area contributed by atoms with Gasteiger partial charge in [0.25, 0.3) is 0 Å². The molecule has 1 amide bonds. The smallest absolute Gasteiger partial charge is 0.226 e. The summed E-state index contributed by atoms with van der Waals surface area (Å²) in [7, 11) is -3.15. The summed E-state index contributed by atoms with van der Waals surface area (Å²) < 4.78 is 24.5. The van der Waals surface area contributed by atoms with Gasteiger partial charge in [-0.05, 0) is 19.8 Å². The van der Waals surface area contributed by atoms with E-state index in [-0.39, 0.29) is 11.8 Å². The number of H-pyrrole nitrogens is 1. The molecule has 1 saturated heterocycles. The van der Waals surface area contributed by atoms with E-state index in [1.165, 1.54) is 10.6 Å². The molecule has 2 aliphatic rings. The highest BCUT2D eigenvalue weighted by Gasteiger charge is 2.32. The van der Waals surface area contributed by atoms with Crippen LogP contribution in [-0.2, 0) is 27.7 Å². The van der Waals surface area contributed by atoms with Crippen molar-refractivity contribution in [1.29, 1.82) is 0 Å². The summed E-state index contributed by atoms with van der Waals surface area (Å²) in [5, 5.41) is 0. The minimum absolute atomic E-state index is 0.0165. The highest BCUT2D eigenvalue weighted by atomic mass is 32.2. The number of aromatic amines is 1.